The second kappa shape index (κ2) is 9.82. The lowest BCUT2D eigenvalue weighted by Gasteiger charge is -2.13. The molecule has 206 valence electrons. The molecule has 44 heavy (non-hydrogen) atoms. The number of pyridine rings is 1. The summed E-state index contributed by atoms with van der Waals surface area (Å²) in [7, 11) is 0. The van der Waals surface area contributed by atoms with E-state index in [0.717, 1.165) is 61.3 Å². The summed E-state index contributed by atoms with van der Waals surface area (Å²) < 4.78 is 8.61. The molecule has 0 aliphatic rings. The predicted molar refractivity (Wildman–Crippen MR) is 182 cm³/mol. The van der Waals surface area contributed by atoms with Crippen molar-refractivity contribution in [3.63, 3.8) is 0 Å². The van der Waals surface area contributed by atoms with Crippen molar-refractivity contribution in [3.8, 4) is 39.3 Å². The predicted octanol–water partition coefficient (Wildman–Crippen LogP) is 11.1. The summed E-state index contributed by atoms with van der Waals surface area (Å²) in [5, 5.41) is 4.75. The van der Waals surface area contributed by atoms with E-state index in [-0.39, 0.29) is 0 Å². The van der Waals surface area contributed by atoms with E-state index in [9.17, 15) is 0 Å². The molecule has 9 aromatic rings. The van der Waals surface area contributed by atoms with E-state index in [1.165, 1.54) is 21.8 Å². The Hall–Kier alpha value is -5.93. The van der Waals surface area contributed by atoms with Crippen molar-refractivity contribution in [2.24, 2.45) is 0 Å². The number of para-hydroxylation sites is 3. The summed E-state index contributed by atoms with van der Waals surface area (Å²) in [5.41, 5.74) is 11.5. The Bertz CT molecular complexity index is 2450. The molecule has 0 spiro atoms. The molecule has 0 saturated heterocycles. The number of fused-ring (bicyclic) bond motifs is 6. The molecule has 0 atom stereocenters. The average molecular weight is 563 g/mol. The SMILES string of the molecule is c1ccc(-c2cc(-c3cccc(-n4c5ccccc5c5ccccc54)c3)cc(-c3ccc4c(c3)oc3ccccc34)n2)cc1. The fourth-order valence-electron chi connectivity index (χ4n) is 6.51. The third-order valence-corrected chi connectivity index (χ3v) is 8.59. The molecular formula is C41H26N2O. The van der Waals surface area contributed by atoms with Crippen LogP contribution in [0.3, 0.4) is 0 Å². The monoisotopic (exact) mass is 562 g/mol. The number of aromatic nitrogens is 2. The van der Waals surface area contributed by atoms with Crippen molar-refractivity contribution in [2.45, 2.75) is 0 Å². The molecule has 0 fully saturated rings. The van der Waals surface area contributed by atoms with Crippen molar-refractivity contribution in [2.75, 3.05) is 0 Å². The molecule has 3 nitrogen and oxygen atoms in total. The van der Waals surface area contributed by atoms with Gasteiger partial charge in [0.1, 0.15) is 11.2 Å². The van der Waals surface area contributed by atoms with Gasteiger partial charge >= 0.3 is 0 Å². The summed E-state index contributed by atoms with van der Waals surface area (Å²) in [6.45, 7) is 0. The highest BCUT2D eigenvalue weighted by molar-refractivity contribution is 6.09. The van der Waals surface area contributed by atoms with Crippen molar-refractivity contribution in [1.29, 1.82) is 0 Å². The lowest BCUT2D eigenvalue weighted by Crippen LogP contribution is -1.95. The first-order valence-electron chi connectivity index (χ1n) is 14.9. The Morgan fingerprint density at radius 3 is 1.77 bits per heavy atom. The average Bonchev–Trinajstić information content (AvgIpc) is 3.64. The van der Waals surface area contributed by atoms with Crippen LogP contribution in [0.4, 0.5) is 0 Å². The molecule has 0 radical (unpaired) electrons. The van der Waals surface area contributed by atoms with E-state index < -0.39 is 0 Å². The highest BCUT2D eigenvalue weighted by Gasteiger charge is 2.15. The molecule has 3 heterocycles. The molecule has 0 unspecified atom stereocenters. The van der Waals surface area contributed by atoms with Gasteiger partial charge in [0.15, 0.2) is 0 Å². The van der Waals surface area contributed by atoms with Gasteiger partial charge in [-0.2, -0.15) is 0 Å². The van der Waals surface area contributed by atoms with Gasteiger partial charge in [0.05, 0.1) is 22.4 Å². The molecular weight excluding hydrogens is 536 g/mol. The van der Waals surface area contributed by atoms with E-state index in [1.54, 1.807) is 0 Å². The van der Waals surface area contributed by atoms with Crippen LogP contribution >= 0.6 is 0 Å². The largest absolute Gasteiger partial charge is 0.456 e. The van der Waals surface area contributed by atoms with Crippen molar-refractivity contribution < 1.29 is 4.42 Å². The molecule has 3 heteroatoms. The number of hydrogen-bond donors (Lipinski definition) is 0. The zero-order chi connectivity index (χ0) is 29.0. The van der Waals surface area contributed by atoms with Crippen LogP contribution < -0.4 is 0 Å². The second-order valence-corrected chi connectivity index (χ2v) is 11.2. The maximum Gasteiger partial charge on any atom is 0.136 e. The fourth-order valence-corrected chi connectivity index (χ4v) is 6.51. The fraction of sp³-hybridized carbons (Fsp3) is 0. The first kappa shape index (κ1) is 24.6. The Morgan fingerprint density at radius 2 is 1.00 bits per heavy atom. The summed E-state index contributed by atoms with van der Waals surface area (Å²) in [6.07, 6.45) is 0. The van der Waals surface area contributed by atoms with Crippen molar-refractivity contribution >= 4 is 43.7 Å². The minimum atomic E-state index is 0.866. The first-order chi connectivity index (χ1) is 21.8. The summed E-state index contributed by atoms with van der Waals surface area (Å²) in [6, 6.07) is 55.5. The number of furan rings is 1. The highest BCUT2D eigenvalue weighted by atomic mass is 16.3. The smallest absolute Gasteiger partial charge is 0.136 e. The molecule has 3 aromatic heterocycles. The van der Waals surface area contributed by atoms with E-state index in [1.807, 2.05) is 18.2 Å². The highest BCUT2D eigenvalue weighted by Crippen LogP contribution is 2.36. The quantitative estimate of drug-likeness (QED) is 0.214. The van der Waals surface area contributed by atoms with Crippen LogP contribution in [0.2, 0.25) is 0 Å². The molecule has 9 rings (SSSR count). The van der Waals surface area contributed by atoms with Crippen molar-refractivity contribution in [1.82, 2.24) is 9.55 Å². The lowest BCUT2D eigenvalue weighted by molar-refractivity contribution is 0.669. The van der Waals surface area contributed by atoms with E-state index in [2.05, 4.69) is 144 Å². The van der Waals surface area contributed by atoms with Gasteiger partial charge in [0.2, 0.25) is 0 Å². The number of benzene rings is 6. The zero-order valence-electron chi connectivity index (χ0n) is 23.8. The second-order valence-electron chi connectivity index (χ2n) is 11.2. The Kier molecular flexibility index (Phi) is 5.50. The van der Waals surface area contributed by atoms with Crippen LogP contribution in [0.25, 0.3) is 83.1 Å². The number of hydrogen-bond acceptors (Lipinski definition) is 2. The van der Waals surface area contributed by atoms with Crippen LogP contribution in [-0.4, -0.2) is 9.55 Å². The summed E-state index contributed by atoms with van der Waals surface area (Å²) in [5.74, 6) is 0. The molecule has 0 aliphatic carbocycles. The van der Waals surface area contributed by atoms with Gasteiger partial charge in [-0.05, 0) is 65.7 Å². The molecule has 0 saturated carbocycles. The third kappa shape index (κ3) is 3.94. The van der Waals surface area contributed by atoms with Crippen LogP contribution in [0, 0.1) is 0 Å². The number of nitrogens with zero attached hydrogens (tertiary/aromatic N) is 2. The molecule has 6 aromatic carbocycles. The van der Waals surface area contributed by atoms with Crippen LogP contribution in [-0.2, 0) is 0 Å². The molecule has 0 bridgehead atoms. The van der Waals surface area contributed by atoms with E-state index in [4.69, 9.17) is 9.40 Å². The molecule has 0 aliphatic heterocycles. The normalized spacial score (nSPS) is 11.6. The zero-order valence-corrected chi connectivity index (χ0v) is 23.8. The van der Waals surface area contributed by atoms with Crippen LogP contribution in [0.1, 0.15) is 0 Å². The topological polar surface area (TPSA) is 31.0 Å². The van der Waals surface area contributed by atoms with Crippen LogP contribution in [0.5, 0.6) is 0 Å². The van der Waals surface area contributed by atoms with Crippen molar-refractivity contribution in [3.05, 3.63) is 158 Å². The van der Waals surface area contributed by atoms with Gasteiger partial charge in [0, 0.05) is 38.4 Å². The Balaban J connectivity index is 1.24. The Labute approximate surface area is 254 Å². The van der Waals surface area contributed by atoms with Gasteiger partial charge in [-0.3, -0.25) is 0 Å². The van der Waals surface area contributed by atoms with Gasteiger partial charge in [-0.25, -0.2) is 4.98 Å². The first-order valence-corrected chi connectivity index (χ1v) is 14.9. The van der Waals surface area contributed by atoms with Gasteiger partial charge in [0.25, 0.3) is 0 Å². The summed E-state index contributed by atoms with van der Waals surface area (Å²) >= 11 is 0. The third-order valence-electron chi connectivity index (χ3n) is 8.59. The molecule has 0 amide bonds. The van der Waals surface area contributed by atoms with E-state index >= 15 is 0 Å². The lowest BCUT2D eigenvalue weighted by atomic mass is 9.99. The summed E-state index contributed by atoms with van der Waals surface area (Å²) in [4.78, 5) is 5.17. The maximum atomic E-state index is 6.24. The minimum absolute atomic E-state index is 0.866. The molecule has 0 N–H and O–H groups in total. The Morgan fingerprint density at radius 1 is 0.386 bits per heavy atom. The van der Waals surface area contributed by atoms with E-state index in [0.29, 0.717) is 0 Å². The van der Waals surface area contributed by atoms with Gasteiger partial charge < -0.3 is 8.98 Å². The van der Waals surface area contributed by atoms with Gasteiger partial charge in [-0.1, -0.05) is 103 Å². The van der Waals surface area contributed by atoms with Crippen LogP contribution in [0.15, 0.2) is 162 Å². The standard InChI is InChI=1S/C41H26N2O/c1-2-11-27(12-3-1)36-24-30(25-37(42-36)29-21-22-35-34-17-6-9-20-40(34)44-41(35)26-29)28-13-10-14-31(23-28)43-38-18-7-4-15-32(38)33-16-5-8-19-39(33)43/h1-26H. The minimum Gasteiger partial charge on any atom is -0.456 e. The van der Waals surface area contributed by atoms with Gasteiger partial charge in [-0.15, -0.1) is 0 Å². The maximum absolute atomic E-state index is 6.24. The number of rotatable bonds is 4.